The number of likely N-dealkylation sites (tertiary alicyclic amines) is 1. The molecule has 0 saturated carbocycles. The van der Waals surface area contributed by atoms with Crippen LogP contribution >= 0.6 is 11.6 Å². The van der Waals surface area contributed by atoms with Gasteiger partial charge in [0.1, 0.15) is 0 Å². The Morgan fingerprint density at radius 2 is 2.42 bits per heavy atom. The van der Waals surface area contributed by atoms with Crippen LogP contribution < -0.4 is 0 Å². The van der Waals surface area contributed by atoms with Gasteiger partial charge in [-0.1, -0.05) is 0 Å². The highest BCUT2D eigenvalue weighted by atomic mass is 35.5. The van der Waals surface area contributed by atoms with Crippen LogP contribution in [0.2, 0.25) is 0 Å². The quantitative estimate of drug-likeness (QED) is 0.612. The third kappa shape index (κ3) is 3.30. The summed E-state index contributed by atoms with van der Waals surface area (Å²) in [6.45, 7) is 4.38. The molecule has 0 bridgehead atoms. The van der Waals surface area contributed by atoms with Gasteiger partial charge >= 0.3 is 0 Å². The minimum atomic E-state index is 0.808. The molecule has 1 heterocycles. The fourth-order valence-electron chi connectivity index (χ4n) is 1.73. The molecule has 1 aliphatic heterocycles. The second-order valence-electron chi connectivity index (χ2n) is 3.43. The SMILES string of the molecule is COCCN1CCC(CCCl)C1. The Kier molecular flexibility index (Phi) is 4.96. The van der Waals surface area contributed by atoms with E-state index in [0.717, 1.165) is 24.9 Å². The standard InChI is InChI=1S/C9H18ClNO/c1-12-7-6-11-5-3-9(8-11)2-4-10/h9H,2-8H2,1H3. The van der Waals surface area contributed by atoms with Crippen molar-refractivity contribution in [2.45, 2.75) is 12.8 Å². The van der Waals surface area contributed by atoms with Crippen molar-refractivity contribution < 1.29 is 4.74 Å². The van der Waals surface area contributed by atoms with E-state index in [1.54, 1.807) is 7.11 Å². The molecule has 12 heavy (non-hydrogen) atoms. The summed E-state index contributed by atoms with van der Waals surface area (Å²) in [5.74, 6) is 1.64. The Bertz CT molecular complexity index is 121. The first kappa shape index (κ1) is 10.3. The summed E-state index contributed by atoms with van der Waals surface area (Å²) >= 11 is 5.69. The third-order valence-electron chi connectivity index (χ3n) is 2.50. The largest absolute Gasteiger partial charge is 0.383 e. The molecule has 1 saturated heterocycles. The van der Waals surface area contributed by atoms with E-state index < -0.39 is 0 Å². The Balaban J connectivity index is 2.08. The molecular formula is C9H18ClNO. The van der Waals surface area contributed by atoms with Crippen molar-refractivity contribution in [2.24, 2.45) is 5.92 Å². The van der Waals surface area contributed by atoms with E-state index in [1.807, 2.05) is 0 Å². The van der Waals surface area contributed by atoms with E-state index >= 15 is 0 Å². The summed E-state index contributed by atoms with van der Waals surface area (Å²) in [7, 11) is 1.76. The lowest BCUT2D eigenvalue weighted by molar-refractivity contribution is 0.159. The average molecular weight is 192 g/mol. The number of alkyl halides is 1. The van der Waals surface area contributed by atoms with Crippen molar-refractivity contribution in [1.82, 2.24) is 4.90 Å². The molecule has 0 aromatic carbocycles. The molecule has 0 aromatic heterocycles. The molecule has 2 nitrogen and oxygen atoms in total. The maximum absolute atomic E-state index is 5.69. The number of ether oxygens (including phenoxy) is 1. The molecule has 3 heteroatoms. The van der Waals surface area contributed by atoms with Crippen LogP contribution in [-0.2, 0) is 4.74 Å². The molecule has 0 radical (unpaired) electrons. The Morgan fingerprint density at radius 3 is 3.08 bits per heavy atom. The number of rotatable bonds is 5. The van der Waals surface area contributed by atoms with E-state index in [0.29, 0.717) is 0 Å². The topological polar surface area (TPSA) is 12.5 Å². The second kappa shape index (κ2) is 5.79. The van der Waals surface area contributed by atoms with Crippen molar-refractivity contribution in [1.29, 1.82) is 0 Å². The minimum Gasteiger partial charge on any atom is -0.383 e. The number of hydrogen-bond donors (Lipinski definition) is 0. The number of methoxy groups -OCH3 is 1. The number of nitrogens with zero attached hydrogens (tertiary/aromatic N) is 1. The van der Waals surface area contributed by atoms with E-state index in [2.05, 4.69) is 4.90 Å². The maximum atomic E-state index is 5.69. The molecule has 1 atom stereocenters. The Labute approximate surface area is 79.8 Å². The van der Waals surface area contributed by atoms with Crippen LogP contribution in [0.5, 0.6) is 0 Å². The summed E-state index contributed by atoms with van der Waals surface area (Å²) in [6, 6.07) is 0. The van der Waals surface area contributed by atoms with Crippen LogP contribution in [0.4, 0.5) is 0 Å². The number of halogens is 1. The van der Waals surface area contributed by atoms with E-state index in [-0.39, 0.29) is 0 Å². The van der Waals surface area contributed by atoms with Gasteiger partial charge in [0, 0.05) is 26.1 Å². The Hall–Kier alpha value is 0.210. The average Bonchev–Trinajstić information content (AvgIpc) is 2.50. The molecule has 72 valence electrons. The fraction of sp³-hybridized carbons (Fsp3) is 1.00. The van der Waals surface area contributed by atoms with Crippen molar-refractivity contribution in [3.8, 4) is 0 Å². The van der Waals surface area contributed by atoms with Crippen LogP contribution in [-0.4, -0.2) is 44.1 Å². The molecule has 1 fully saturated rings. The van der Waals surface area contributed by atoms with Gasteiger partial charge in [-0.25, -0.2) is 0 Å². The lowest BCUT2D eigenvalue weighted by Gasteiger charge is -2.14. The maximum Gasteiger partial charge on any atom is 0.0589 e. The van der Waals surface area contributed by atoms with Gasteiger partial charge in [0.25, 0.3) is 0 Å². The predicted octanol–water partition coefficient (Wildman–Crippen LogP) is 1.58. The zero-order chi connectivity index (χ0) is 8.81. The molecule has 0 N–H and O–H groups in total. The van der Waals surface area contributed by atoms with E-state index in [1.165, 1.54) is 25.9 Å². The molecule has 1 aliphatic rings. The number of hydrogen-bond acceptors (Lipinski definition) is 2. The minimum absolute atomic E-state index is 0.808. The molecule has 1 unspecified atom stereocenters. The van der Waals surface area contributed by atoms with Crippen molar-refractivity contribution in [3.63, 3.8) is 0 Å². The van der Waals surface area contributed by atoms with Crippen LogP contribution in [0.3, 0.4) is 0 Å². The first-order chi connectivity index (χ1) is 5.86. The van der Waals surface area contributed by atoms with Gasteiger partial charge in [0.05, 0.1) is 6.61 Å². The third-order valence-corrected chi connectivity index (χ3v) is 2.72. The normalized spacial score (nSPS) is 25.0. The van der Waals surface area contributed by atoms with Crippen LogP contribution in [0.1, 0.15) is 12.8 Å². The Morgan fingerprint density at radius 1 is 1.58 bits per heavy atom. The zero-order valence-electron chi connectivity index (χ0n) is 7.76. The van der Waals surface area contributed by atoms with Gasteiger partial charge in [-0.2, -0.15) is 0 Å². The highest BCUT2D eigenvalue weighted by molar-refractivity contribution is 6.17. The predicted molar refractivity (Wildman–Crippen MR) is 51.8 cm³/mol. The van der Waals surface area contributed by atoms with Crippen molar-refractivity contribution in [3.05, 3.63) is 0 Å². The highest BCUT2D eigenvalue weighted by Gasteiger charge is 2.20. The van der Waals surface area contributed by atoms with Gasteiger partial charge in [-0.3, -0.25) is 0 Å². The fourth-order valence-corrected chi connectivity index (χ4v) is 2.03. The van der Waals surface area contributed by atoms with Crippen molar-refractivity contribution in [2.75, 3.05) is 39.2 Å². The summed E-state index contributed by atoms with van der Waals surface area (Å²) in [5, 5.41) is 0. The first-order valence-corrected chi connectivity index (χ1v) is 5.17. The van der Waals surface area contributed by atoms with Crippen molar-refractivity contribution >= 4 is 11.6 Å². The molecule has 0 aromatic rings. The summed E-state index contributed by atoms with van der Waals surface area (Å²) in [4.78, 5) is 2.46. The smallest absolute Gasteiger partial charge is 0.0589 e. The van der Waals surface area contributed by atoms with E-state index in [4.69, 9.17) is 16.3 Å². The summed E-state index contributed by atoms with van der Waals surface area (Å²) in [6.07, 6.45) is 2.49. The summed E-state index contributed by atoms with van der Waals surface area (Å²) < 4.78 is 5.03. The first-order valence-electron chi connectivity index (χ1n) is 4.64. The lowest BCUT2D eigenvalue weighted by atomic mass is 10.1. The monoisotopic (exact) mass is 191 g/mol. The molecule has 0 aliphatic carbocycles. The van der Waals surface area contributed by atoms with E-state index in [9.17, 15) is 0 Å². The van der Waals surface area contributed by atoms with Gasteiger partial charge < -0.3 is 9.64 Å². The lowest BCUT2D eigenvalue weighted by Crippen LogP contribution is -2.24. The van der Waals surface area contributed by atoms with Gasteiger partial charge in [0.2, 0.25) is 0 Å². The van der Waals surface area contributed by atoms with Gasteiger partial charge in [-0.15, -0.1) is 11.6 Å². The molecule has 0 spiro atoms. The molecule has 0 amide bonds. The van der Waals surface area contributed by atoms with Crippen LogP contribution in [0.25, 0.3) is 0 Å². The second-order valence-corrected chi connectivity index (χ2v) is 3.80. The van der Waals surface area contributed by atoms with Gasteiger partial charge in [0.15, 0.2) is 0 Å². The zero-order valence-corrected chi connectivity index (χ0v) is 8.52. The van der Waals surface area contributed by atoms with Crippen LogP contribution in [0.15, 0.2) is 0 Å². The summed E-state index contributed by atoms with van der Waals surface area (Å²) in [5.41, 5.74) is 0. The highest BCUT2D eigenvalue weighted by Crippen LogP contribution is 2.19. The molecular weight excluding hydrogens is 174 g/mol. The molecule has 1 rings (SSSR count). The van der Waals surface area contributed by atoms with Crippen LogP contribution in [0, 0.1) is 5.92 Å². The van der Waals surface area contributed by atoms with Gasteiger partial charge in [-0.05, 0) is 25.3 Å².